The van der Waals surface area contributed by atoms with Crippen LogP contribution in [-0.4, -0.2) is 37.7 Å². The molecule has 0 saturated carbocycles. The Balaban J connectivity index is 2.55. The van der Waals surface area contributed by atoms with Gasteiger partial charge >= 0.3 is 0 Å². The van der Waals surface area contributed by atoms with E-state index in [4.69, 9.17) is 11.5 Å². The molecule has 1 aromatic heterocycles. The average Bonchev–Trinajstić information content (AvgIpc) is 2.16. The summed E-state index contributed by atoms with van der Waals surface area (Å²) in [6.07, 6.45) is 0. The lowest BCUT2D eigenvalue weighted by molar-refractivity contribution is 0.588. The largest absolute Gasteiger partial charge is 0.383 e. The number of anilines is 3. The quantitative estimate of drug-likeness (QED) is 0.501. The summed E-state index contributed by atoms with van der Waals surface area (Å²) < 4.78 is 24.4. The maximum absolute atomic E-state index is 11.1. The molecule has 0 radical (unpaired) electrons. The predicted molar refractivity (Wildman–Crippen MR) is 62.2 cm³/mol. The molecule has 1 rings (SSSR count). The molecule has 0 spiro atoms. The lowest BCUT2D eigenvalue weighted by Crippen LogP contribution is -2.26. The van der Waals surface area contributed by atoms with Crippen molar-refractivity contribution in [2.24, 2.45) is 0 Å². The van der Waals surface area contributed by atoms with Crippen molar-refractivity contribution < 1.29 is 8.42 Å². The number of nitrogens with zero attached hydrogens (tertiary/aromatic N) is 2. The molecule has 9 heteroatoms. The van der Waals surface area contributed by atoms with Crippen molar-refractivity contribution in [1.29, 1.82) is 0 Å². The summed E-state index contributed by atoms with van der Waals surface area (Å²) in [7, 11) is -1.87. The number of aromatic nitrogens is 2. The summed E-state index contributed by atoms with van der Waals surface area (Å²) in [5, 5.41) is 2.79. The summed E-state index contributed by atoms with van der Waals surface area (Å²) in [5.41, 5.74) is 10.8. The van der Waals surface area contributed by atoms with Crippen LogP contribution in [0.1, 0.15) is 0 Å². The summed E-state index contributed by atoms with van der Waals surface area (Å²) in [6, 6.07) is 1.47. The molecule has 0 aliphatic heterocycles. The van der Waals surface area contributed by atoms with Gasteiger partial charge in [0.15, 0.2) is 0 Å². The van der Waals surface area contributed by atoms with E-state index >= 15 is 0 Å². The van der Waals surface area contributed by atoms with Gasteiger partial charge in [-0.3, -0.25) is 0 Å². The Hall–Kier alpha value is -1.61. The normalized spacial score (nSPS) is 11.3. The first-order chi connectivity index (χ1) is 7.43. The van der Waals surface area contributed by atoms with Gasteiger partial charge < -0.3 is 16.8 Å². The van der Waals surface area contributed by atoms with Crippen molar-refractivity contribution >= 4 is 27.6 Å². The van der Waals surface area contributed by atoms with Gasteiger partial charge in [0, 0.05) is 12.6 Å². The molecule has 0 saturated heterocycles. The third-order valence-electron chi connectivity index (χ3n) is 1.75. The van der Waals surface area contributed by atoms with Crippen LogP contribution in [0.25, 0.3) is 0 Å². The first kappa shape index (κ1) is 12.5. The van der Waals surface area contributed by atoms with E-state index in [1.54, 1.807) is 0 Å². The van der Waals surface area contributed by atoms with Crippen molar-refractivity contribution in [2.45, 2.75) is 0 Å². The summed E-state index contributed by atoms with van der Waals surface area (Å²) >= 11 is 0. The van der Waals surface area contributed by atoms with E-state index in [0.717, 1.165) is 0 Å². The summed E-state index contributed by atoms with van der Waals surface area (Å²) in [5.74, 6) is 0.606. The van der Waals surface area contributed by atoms with E-state index in [1.165, 1.54) is 13.1 Å². The number of rotatable bonds is 5. The fourth-order valence-corrected chi connectivity index (χ4v) is 1.57. The van der Waals surface area contributed by atoms with Gasteiger partial charge in [0.1, 0.15) is 11.6 Å². The maximum Gasteiger partial charge on any atom is 0.223 e. The minimum atomic E-state index is -3.23. The smallest absolute Gasteiger partial charge is 0.223 e. The van der Waals surface area contributed by atoms with Gasteiger partial charge in [0.25, 0.3) is 0 Å². The zero-order valence-corrected chi connectivity index (χ0v) is 9.58. The predicted octanol–water partition coefficient (Wildman–Crippen LogP) is -1.40. The van der Waals surface area contributed by atoms with Crippen molar-refractivity contribution in [1.82, 2.24) is 14.7 Å². The monoisotopic (exact) mass is 246 g/mol. The van der Waals surface area contributed by atoms with Gasteiger partial charge in [0.2, 0.25) is 16.0 Å². The topological polar surface area (TPSA) is 136 Å². The number of sulfonamides is 1. The Morgan fingerprint density at radius 3 is 2.62 bits per heavy atom. The highest BCUT2D eigenvalue weighted by atomic mass is 32.2. The van der Waals surface area contributed by atoms with Gasteiger partial charge in [-0.05, 0) is 7.05 Å². The van der Waals surface area contributed by atoms with Crippen LogP contribution in [-0.2, 0) is 10.0 Å². The number of nitrogen functional groups attached to an aromatic ring is 2. The minimum Gasteiger partial charge on any atom is -0.383 e. The second-order valence-corrected chi connectivity index (χ2v) is 5.03. The standard InChI is InChI=1S/C7H14N6O2S/c1-10-16(14,15)3-2-11-6-4-5(8)12-7(9)13-6/h4,10H,2-3H2,1H3,(H5,8,9,11,12,13). The molecule has 0 aliphatic rings. The molecule has 6 N–H and O–H groups in total. The maximum atomic E-state index is 11.1. The number of hydrogen-bond donors (Lipinski definition) is 4. The van der Waals surface area contributed by atoms with Gasteiger partial charge in [-0.15, -0.1) is 0 Å². The fraction of sp³-hybridized carbons (Fsp3) is 0.429. The van der Waals surface area contributed by atoms with Gasteiger partial charge in [0.05, 0.1) is 5.75 Å². The molecule has 1 aromatic rings. The van der Waals surface area contributed by atoms with Crippen LogP contribution < -0.4 is 21.5 Å². The van der Waals surface area contributed by atoms with Crippen LogP contribution in [0.15, 0.2) is 6.07 Å². The van der Waals surface area contributed by atoms with Gasteiger partial charge in [-0.1, -0.05) is 0 Å². The number of nitrogens with one attached hydrogen (secondary N) is 2. The molecule has 0 atom stereocenters. The Bertz CT molecular complexity index is 440. The summed E-state index contributed by atoms with van der Waals surface area (Å²) in [4.78, 5) is 7.52. The Kier molecular flexibility index (Phi) is 3.85. The molecule has 0 unspecified atom stereocenters. The van der Waals surface area contributed by atoms with E-state index in [1.807, 2.05) is 0 Å². The SMILES string of the molecule is CNS(=O)(=O)CCNc1cc(N)nc(N)n1. The molecule has 1 heterocycles. The average molecular weight is 246 g/mol. The van der Waals surface area contributed by atoms with Crippen LogP contribution >= 0.6 is 0 Å². The molecular formula is C7H14N6O2S. The molecule has 0 amide bonds. The van der Waals surface area contributed by atoms with Crippen LogP contribution in [0.5, 0.6) is 0 Å². The molecule has 8 nitrogen and oxygen atoms in total. The summed E-state index contributed by atoms with van der Waals surface area (Å²) in [6.45, 7) is 0.207. The van der Waals surface area contributed by atoms with Gasteiger partial charge in [-0.2, -0.15) is 9.97 Å². The van der Waals surface area contributed by atoms with Crippen molar-refractivity contribution in [2.75, 3.05) is 36.1 Å². The van der Waals surface area contributed by atoms with E-state index < -0.39 is 10.0 Å². The second kappa shape index (κ2) is 4.94. The third-order valence-corrected chi connectivity index (χ3v) is 3.11. The second-order valence-electron chi connectivity index (χ2n) is 2.99. The Morgan fingerprint density at radius 2 is 2.06 bits per heavy atom. The number of hydrogen-bond acceptors (Lipinski definition) is 7. The van der Waals surface area contributed by atoms with Crippen molar-refractivity contribution in [3.05, 3.63) is 6.07 Å². The molecule has 0 bridgehead atoms. The fourth-order valence-electron chi connectivity index (χ4n) is 0.991. The Morgan fingerprint density at radius 1 is 1.38 bits per heavy atom. The highest BCUT2D eigenvalue weighted by molar-refractivity contribution is 7.89. The highest BCUT2D eigenvalue weighted by Crippen LogP contribution is 2.08. The van der Waals surface area contributed by atoms with Gasteiger partial charge in [-0.25, -0.2) is 13.1 Å². The first-order valence-corrected chi connectivity index (χ1v) is 6.13. The van der Waals surface area contributed by atoms with Crippen molar-refractivity contribution in [3.63, 3.8) is 0 Å². The van der Waals surface area contributed by atoms with Crippen LogP contribution in [0.3, 0.4) is 0 Å². The van der Waals surface area contributed by atoms with E-state index in [2.05, 4.69) is 20.0 Å². The third kappa shape index (κ3) is 3.87. The highest BCUT2D eigenvalue weighted by Gasteiger charge is 2.06. The molecular weight excluding hydrogens is 232 g/mol. The minimum absolute atomic E-state index is 0.0407. The lowest BCUT2D eigenvalue weighted by atomic mass is 10.5. The van der Waals surface area contributed by atoms with E-state index in [-0.39, 0.29) is 24.1 Å². The zero-order chi connectivity index (χ0) is 12.2. The molecule has 16 heavy (non-hydrogen) atoms. The van der Waals surface area contributed by atoms with E-state index in [9.17, 15) is 8.42 Å². The first-order valence-electron chi connectivity index (χ1n) is 4.48. The zero-order valence-electron chi connectivity index (χ0n) is 8.77. The lowest BCUT2D eigenvalue weighted by Gasteiger charge is -2.06. The van der Waals surface area contributed by atoms with E-state index in [0.29, 0.717) is 5.82 Å². The molecule has 0 aromatic carbocycles. The molecule has 0 aliphatic carbocycles. The van der Waals surface area contributed by atoms with Crippen LogP contribution in [0, 0.1) is 0 Å². The van der Waals surface area contributed by atoms with Crippen LogP contribution in [0.2, 0.25) is 0 Å². The van der Waals surface area contributed by atoms with Crippen molar-refractivity contribution in [3.8, 4) is 0 Å². The molecule has 90 valence electrons. The van der Waals surface area contributed by atoms with Crippen LogP contribution in [0.4, 0.5) is 17.6 Å². The molecule has 0 fully saturated rings. The Labute approximate surface area is 93.5 Å². The number of nitrogens with two attached hydrogens (primary N) is 2.